The molecule has 1 aliphatic heterocycles. The number of carbonyl (C=O) groups excluding carboxylic acids is 1. The van der Waals surface area contributed by atoms with Gasteiger partial charge in [-0.15, -0.1) is 6.58 Å². The van der Waals surface area contributed by atoms with E-state index in [4.69, 9.17) is 9.47 Å². The van der Waals surface area contributed by atoms with Gasteiger partial charge in [0.2, 0.25) is 5.91 Å². The lowest BCUT2D eigenvalue weighted by Crippen LogP contribution is -2.43. The average Bonchev–Trinajstić information content (AvgIpc) is 3.26. The third-order valence-electron chi connectivity index (χ3n) is 5.11. The summed E-state index contributed by atoms with van der Waals surface area (Å²) in [5, 5.41) is 0. The third kappa shape index (κ3) is 5.92. The molecule has 1 saturated heterocycles. The molecule has 1 amide bonds. The SMILES string of the molecule is C=CCN(C(=O)CN(Cc1ccccc1OC)CC1CCCO1)c1ccccc1. The van der Waals surface area contributed by atoms with E-state index in [1.165, 1.54) is 0 Å². The molecule has 0 bridgehead atoms. The molecule has 1 unspecified atom stereocenters. The standard InChI is InChI=1S/C24H30N2O3/c1-3-15-26(21-11-5-4-6-12-21)24(27)19-25(18-22-13-9-16-29-22)17-20-10-7-8-14-23(20)28-2/h3-8,10-12,14,22H,1,9,13,15-19H2,2H3. The summed E-state index contributed by atoms with van der Waals surface area (Å²) < 4.78 is 11.3. The van der Waals surface area contributed by atoms with Crippen LogP contribution in [-0.2, 0) is 16.1 Å². The van der Waals surface area contributed by atoms with Gasteiger partial charge in [0.25, 0.3) is 0 Å². The van der Waals surface area contributed by atoms with Crippen molar-refractivity contribution in [1.82, 2.24) is 4.90 Å². The fourth-order valence-corrected chi connectivity index (χ4v) is 3.70. The number of amides is 1. The zero-order valence-electron chi connectivity index (χ0n) is 17.1. The summed E-state index contributed by atoms with van der Waals surface area (Å²) in [6.45, 7) is 6.75. The molecule has 0 spiro atoms. The van der Waals surface area contributed by atoms with Crippen molar-refractivity contribution in [2.24, 2.45) is 0 Å². The first kappa shape index (κ1) is 21.1. The lowest BCUT2D eigenvalue weighted by Gasteiger charge is -2.29. The first-order chi connectivity index (χ1) is 14.2. The van der Waals surface area contributed by atoms with Crippen LogP contribution in [0.1, 0.15) is 18.4 Å². The van der Waals surface area contributed by atoms with Gasteiger partial charge in [-0.2, -0.15) is 0 Å². The highest BCUT2D eigenvalue weighted by Gasteiger charge is 2.24. The van der Waals surface area contributed by atoms with Crippen LogP contribution < -0.4 is 9.64 Å². The van der Waals surface area contributed by atoms with Crippen LogP contribution in [0.3, 0.4) is 0 Å². The quantitative estimate of drug-likeness (QED) is 0.573. The van der Waals surface area contributed by atoms with Crippen LogP contribution >= 0.6 is 0 Å². The molecule has 154 valence electrons. The predicted octanol–water partition coefficient (Wildman–Crippen LogP) is 3.90. The number of para-hydroxylation sites is 2. The molecular weight excluding hydrogens is 364 g/mol. The van der Waals surface area contributed by atoms with Crippen molar-refractivity contribution < 1.29 is 14.3 Å². The number of methoxy groups -OCH3 is 1. The Hall–Kier alpha value is -2.63. The van der Waals surface area contributed by atoms with Crippen molar-refractivity contribution in [1.29, 1.82) is 0 Å². The Bertz CT molecular complexity index is 788. The molecule has 5 heteroatoms. The molecule has 3 rings (SSSR count). The lowest BCUT2D eigenvalue weighted by atomic mass is 10.1. The van der Waals surface area contributed by atoms with E-state index >= 15 is 0 Å². The Balaban J connectivity index is 1.77. The van der Waals surface area contributed by atoms with Crippen molar-refractivity contribution in [2.75, 3.05) is 38.3 Å². The highest BCUT2D eigenvalue weighted by molar-refractivity contribution is 5.95. The Kier molecular flexibility index (Phi) is 7.85. The van der Waals surface area contributed by atoms with Crippen LogP contribution in [0.4, 0.5) is 5.69 Å². The first-order valence-electron chi connectivity index (χ1n) is 10.1. The number of anilines is 1. The van der Waals surface area contributed by atoms with Gasteiger partial charge in [0.1, 0.15) is 5.75 Å². The van der Waals surface area contributed by atoms with E-state index in [2.05, 4.69) is 11.5 Å². The van der Waals surface area contributed by atoms with Gasteiger partial charge in [-0.25, -0.2) is 0 Å². The van der Waals surface area contributed by atoms with Gasteiger partial charge in [-0.05, 0) is 31.0 Å². The molecule has 1 fully saturated rings. The number of hydrogen-bond donors (Lipinski definition) is 0. The molecule has 1 atom stereocenters. The number of ether oxygens (including phenoxy) is 2. The van der Waals surface area contributed by atoms with Crippen molar-refractivity contribution >= 4 is 11.6 Å². The van der Waals surface area contributed by atoms with Gasteiger partial charge in [0, 0.05) is 37.5 Å². The summed E-state index contributed by atoms with van der Waals surface area (Å²) in [6.07, 6.45) is 4.04. The molecule has 1 heterocycles. The average molecular weight is 395 g/mol. The molecule has 1 aliphatic rings. The van der Waals surface area contributed by atoms with Gasteiger partial charge in [-0.3, -0.25) is 9.69 Å². The summed E-state index contributed by atoms with van der Waals surface area (Å²) in [5.74, 6) is 0.882. The maximum atomic E-state index is 13.2. The molecule has 0 aromatic heterocycles. The second-order valence-electron chi connectivity index (χ2n) is 7.25. The smallest absolute Gasteiger partial charge is 0.241 e. The van der Waals surface area contributed by atoms with Crippen LogP contribution in [0.5, 0.6) is 5.75 Å². The minimum atomic E-state index is 0.0454. The number of nitrogens with zero attached hydrogens (tertiary/aromatic N) is 2. The molecule has 2 aromatic carbocycles. The number of hydrogen-bond acceptors (Lipinski definition) is 4. The van der Waals surface area contributed by atoms with Crippen molar-refractivity contribution in [3.05, 3.63) is 72.8 Å². The maximum absolute atomic E-state index is 13.2. The van der Waals surface area contributed by atoms with E-state index in [0.717, 1.165) is 43.0 Å². The third-order valence-corrected chi connectivity index (χ3v) is 5.11. The van der Waals surface area contributed by atoms with Crippen LogP contribution in [0, 0.1) is 0 Å². The Morgan fingerprint density at radius 2 is 1.97 bits per heavy atom. The summed E-state index contributed by atoms with van der Waals surface area (Å²) in [4.78, 5) is 17.2. The number of benzene rings is 2. The molecule has 0 N–H and O–H groups in total. The molecule has 2 aromatic rings. The Morgan fingerprint density at radius 1 is 1.21 bits per heavy atom. The Labute approximate surface area is 173 Å². The molecular formula is C24H30N2O3. The van der Waals surface area contributed by atoms with E-state index in [0.29, 0.717) is 19.6 Å². The molecule has 0 aliphatic carbocycles. The van der Waals surface area contributed by atoms with Crippen molar-refractivity contribution in [3.63, 3.8) is 0 Å². The molecule has 0 radical (unpaired) electrons. The lowest BCUT2D eigenvalue weighted by molar-refractivity contribution is -0.120. The normalized spacial score (nSPS) is 16.0. The minimum absolute atomic E-state index is 0.0454. The van der Waals surface area contributed by atoms with Crippen LogP contribution in [0.15, 0.2) is 67.3 Å². The first-order valence-corrected chi connectivity index (χ1v) is 10.1. The highest BCUT2D eigenvalue weighted by atomic mass is 16.5. The van der Waals surface area contributed by atoms with Gasteiger partial charge >= 0.3 is 0 Å². The monoisotopic (exact) mass is 394 g/mol. The van der Waals surface area contributed by atoms with Crippen LogP contribution in [-0.4, -0.2) is 50.3 Å². The molecule has 29 heavy (non-hydrogen) atoms. The zero-order chi connectivity index (χ0) is 20.5. The number of rotatable bonds is 10. The largest absolute Gasteiger partial charge is 0.496 e. The van der Waals surface area contributed by atoms with E-state index in [1.807, 2.05) is 54.6 Å². The van der Waals surface area contributed by atoms with Gasteiger partial charge < -0.3 is 14.4 Å². The topological polar surface area (TPSA) is 42.0 Å². The van der Waals surface area contributed by atoms with Gasteiger partial charge in [-0.1, -0.05) is 42.5 Å². The summed E-state index contributed by atoms with van der Waals surface area (Å²) in [6, 6.07) is 17.7. The second kappa shape index (κ2) is 10.8. The second-order valence-corrected chi connectivity index (χ2v) is 7.25. The fraction of sp³-hybridized carbons (Fsp3) is 0.375. The minimum Gasteiger partial charge on any atom is -0.496 e. The highest BCUT2D eigenvalue weighted by Crippen LogP contribution is 2.22. The predicted molar refractivity (Wildman–Crippen MR) is 116 cm³/mol. The van der Waals surface area contributed by atoms with Crippen molar-refractivity contribution in [3.8, 4) is 5.75 Å². The van der Waals surface area contributed by atoms with E-state index < -0.39 is 0 Å². The maximum Gasteiger partial charge on any atom is 0.241 e. The fourth-order valence-electron chi connectivity index (χ4n) is 3.70. The van der Waals surface area contributed by atoms with Crippen molar-refractivity contribution in [2.45, 2.75) is 25.5 Å². The summed E-state index contributed by atoms with van der Waals surface area (Å²) in [5.41, 5.74) is 1.95. The zero-order valence-corrected chi connectivity index (χ0v) is 17.1. The van der Waals surface area contributed by atoms with Gasteiger partial charge in [0.05, 0.1) is 19.8 Å². The molecule has 5 nitrogen and oxygen atoms in total. The van der Waals surface area contributed by atoms with Crippen LogP contribution in [0.2, 0.25) is 0 Å². The van der Waals surface area contributed by atoms with E-state index in [-0.39, 0.29) is 12.0 Å². The Morgan fingerprint density at radius 3 is 2.66 bits per heavy atom. The van der Waals surface area contributed by atoms with E-state index in [1.54, 1.807) is 18.1 Å². The van der Waals surface area contributed by atoms with Gasteiger partial charge in [0.15, 0.2) is 0 Å². The number of carbonyl (C=O) groups is 1. The summed E-state index contributed by atoms with van der Waals surface area (Å²) >= 11 is 0. The van der Waals surface area contributed by atoms with Crippen LogP contribution in [0.25, 0.3) is 0 Å². The van der Waals surface area contributed by atoms with E-state index in [9.17, 15) is 4.79 Å². The molecule has 0 saturated carbocycles. The summed E-state index contributed by atoms with van der Waals surface area (Å²) in [7, 11) is 1.68.